The number of hydrogen-bond donors (Lipinski definition) is 1. The van der Waals surface area contributed by atoms with Crippen molar-refractivity contribution in [2.24, 2.45) is 0 Å². The number of hydrogen-bond acceptors (Lipinski definition) is 2. The lowest BCUT2D eigenvalue weighted by Crippen LogP contribution is -1.90. The zero-order chi connectivity index (χ0) is 19.8. The Morgan fingerprint density at radius 3 is 2.24 bits per heavy atom. The molecule has 0 atom stereocenters. The third-order valence-corrected chi connectivity index (χ3v) is 5.36. The predicted molar refractivity (Wildman–Crippen MR) is 118 cm³/mol. The van der Waals surface area contributed by atoms with Crippen molar-refractivity contribution in [1.82, 2.24) is 9.97 Å². The number of aromatic nitrogens is 2. The zero-order valence-corrected chi connectivity index (χ0v) is 16.6. The van der Waals surface area contributed by atoms with Crippen LogP contribution in [0.1, 0.15) is 22.7 Å². The summed E-state index contributed by atoms with van der Waals surface area (Å²) in [5, 5.41) is 1.24. The minimum Gasteiger partial charge on any atom is -0.440 e. The highest BCUT2D eigenvalue weighted by Crippen LogP contribution is 2.34. The van der Waals surface area contributed by atoms with Crippen molar-refractivity contribution in [3.05, 3.63) is 102 Å². The molecule has 2 heterocycles. The highest BCUT2D eigenvalue weighted by atomic mass is 16.4. The second-order valence-corrected chi connectivity index (χ2v) is 7.47. The molecule has 3 heteroatoms. The molecule has 0 fully saturated rings. The van der Waals surface area contributed by atoms with E-state index in [9.17, 15) is 0 Å². The maximum atomic E-state index is 6.34. The first-order valence-corrected chi connectivity index (χ1v) is 9.87. The van der Waals surface area contributed by atoms with Crippen molar-refractivity contribution in [3.8, 4) is 22.6 Å². The first-order valence-electron chi connectivity index (χ1n) is 9.87. The molecule has 0 saturated carbocycles. The fraction of sp³-hybridized carbons (Fsp3) is 0.115. The van der Waals surface area contributed by atoms with Crippen LogP contribution in [0.4, 0.5) is 0 Å². The topological polar surface area (TPSA) is 41.8 Å². The summed E-state index contributed by atoms with van der Waals surface area (Å²) in [5.74, 6) is 1.55. The van der Waals surface area contributed by atoms with Crippen LogP contribution in [-0.2, 0) is 6.42 Å². The Morgan fingerprint density at radius 1 is 0.828 bits per heavy atom. The summed E-state index contributed by atoms with van der Waals surface area (Å²) < 4.78 is 6.34. The van der Waals surface area contributed by atoms with E-state index in [4.69, 9.17) is 9.40 Å². The van der Waals surface area contributed by atoms with Crippen LogP contribution in [0.2, 0.25) is 0 Å². The molecular formula is C26H22N2O. The van der Waals surface area contributed by atoms with Crippen LogP contribution >= 0.6 is 0 Å². The van der Waals surface area contributed by atoms with Crippen molar-refractivity contribution in [2.75, 3.05) is 0 Å². The molecule has 142 valence electrons. The third kappa shape index (κ3) is 3.25. The Labute approximate surface area is 170 Å². The minimum absolute atomic E-state index is 0.655. The van der Waals surface area contributed by atoms with E-state index in [0.717, 1.165) is 39.7 Å². The van der Waals surface area contributed by atoms with Gasteiger partial charge in [0.2, 0.25) is 0 Å². The normalized spacial score (nSPS) is 11.2. The molecule has 0 radical (unpaired) electrons. The number of fused-ring (bicyclic) bond motifs is 1. The van der Waals surface area contributed by atoms with E-state index in [1.807, 2.05) is 36.4 Å². The van der Waals surface area contributed by atoms with Gasteiger partial charge in [-0.1, -0.05) is 72.3 Å². The summed E-state index contributed by atoms with van der Waals surface area (Å²) in [6, 6.07) is 26.9. The average molecular weight is 378 g/mol. The number of aromatic amines is 1. The Kier molecular flexibility index (Phi) is 4.28. The van der Waals surface area contributed by atoms with Gasteiger partial charge in [-0.25, -0.2) is 4.98 Å². The number of benzene rings is 3. The summed E-state index contributed by atoms with van der Waals surface area (Å²) in [5.41, 5.74) is 7.79. The van der Waals surface area contributed by atoms with Gasteiger partial charge in [0.05, 0.1) is 6.42 Å². The maximum absolute atomic E-state index is 6.34. The molecule has 1 N–H and O–H groups in total. The van der Waals surface area contributed by atoms with Crippen molar-refractivity contribution >= 4 is 10.9 Å². The molecule has 0 amide bonds. The van der Waals surface area contributed by atoms with E-state index in [-0.39, 0.29) is 0 Å². The summed E-state index contributed by atoms with van der Waals surface area (Å²) in [4.78, 5) is 8.41. The number of nitrogens with one attached hydrogen (secondary N) is 1. The Morgan fingerprint density at radius 2 is 1.52 bits per heavy atom. The van der Waals surface area contributed by atoms with Crippen LogP contribution in [0.25, 0.3) is 33.5 Å². The van der Waals surface area contributed by atoms with Crippen LogP contribution < -0.4 is 0 Å². The van der Waals surface area contributed by atoms with Gasteiger partial charge in [-0.3, -0.25) is 0 Å². The molecular weight excluding hydrogens is 356 g/mol. The van der Waals surface area contributed by atoms with Crippen LogP contribution in [0, 0.1) is 13.8 Å². The lowest BCUT2D eigenvalue weighted by atomic mass is 10.1. The SMILES string of the molecule is Cc1ccc2[nH]c(C)c(Cc3nc(-c4ccccc4)c(-c4ccccc4)o3)c2c1. The molecule has 29 heavy (non-hydrogen) atoms. The van der Waals surface area contributed by atoms with E-state index in [1.54, 1.807) is 0 Å². The number of rotatable bonds is 4. The van der Waals surface area contributed by atoms with Crippen molar-refractivity contribution in [1.29, 1.82) is 0 Å². The molecule has 0 aliphatic rings. The van der Waals surface area contributed by atoms with Gasteiger partial charge < -0.3 is 9.40 Å². The van der Waals surface area contributed by atoms with Crippen molar-refractivity contribution in [2.45, 2.75) is 20.3 Å². The summed E-state index contributed by atoms with van der Waals surface area (Å²) in [7, 11) is 0. The van der Waals surface area contributed by atoms with Crippen LogP contribution in [0.15, 0.2) is 83.3 Å². The highest BCUT2D eigenvalue weighted by molar-refractivity contribution is 5.85. The van der Waals surface area contributed by atoms with Gasteiger partial charge in [0.15, 0.2) is 11.7 Å². The zero-order valence-electron chi connectivity index (χ0n) is 16.6. The molecule has 2 aromatic heterocycles. The van der Waals surface area contributed by atoms with E-state index in [1.165, 1.54) is 16.5 Å². The fourth-order valence-corrected chi connectivity index (χ4v) is 3.89. The molecule has 0 bridgehead atoms. The second-order valence-electron chi connectivity index (χ2n) is 7.47. The first-order chi connectivity index (χ1) is 14.2. The third-order valence-electron chi connectivity index (χ3n) is 5.36. The van der Waals surface area contributed by atoms with E-state index in [0.29, 0.717) is 6.42 Å². The molecule has 3 nitrogen and oxygen atoms in total. The maximum Gasteiger partial charge on any atom is 0.200 e. The quantitative estimate of drug-likeness (QED) is 0.378. The van der Waals surface area contributed by atoms with Gasteiger partial charge in [0, 0.05) is 27.7 Å². The smallest absolute Gasteiger partial charge is 0.200 e. The molecule has 0 spiro atoms. The second kappa shape index (κ2) is 7.10. The molecule has 0 unspecified atom stereocenters. The average Bonchev–Trinajstić information content (AvgIpc) is 3.31. The Balaban J connectivity index is 1.63. The van der Waals surface area contributed by atoms with Gasteiger partial charge in [0.1, 0.15) is 5.69 Å². The standard InChI is InChI=1S/C26H22N2O/c1-17-13-14-23-22(15-17)21(18(2)27-23)16-24-28-25(19-9-5-3-6-10-19)26(29-24)20-11-7-4-8-12-20/h3-15,27H,16H2,1-2H3. The summed E-state index contributed by atoms with van der Waals surface area (Å²) in [6.07, 6.45) is 0.655. The largest absolute Gasteiger partial charge is 0.440 e. The minimum atomic E-state index is 0.655. The Bertz CT molecular complexity index is 1220. The van der Waals surface area contributed by atoms with Gasteiger partial charge in [0.25, 0.3) is 0 Å². The molecule has 0 aliphatic heterocycles. The van der Waals surface area contributed by atoms with E-state index in [2.05, 4.69) is 61.3 Å². The first kappa shape index (κ1) is 17.5. The molecule has 5 rings (SSSR count). The van der Waals surface area contributed by atoms with Crippen LogP contribution in [0.3, 0.4) is 0 Å². The summed E-state index contributed by atoms with van der Waals surface area (Å²) >= 11 is 0. The molecule has 5 aromatic rings. The van der Waals surface area contributed by atoms with E-state index < -0.39 is 0 Å². The number of aryl methyl sites for hydroxylation is 2. The van der Waals surface area contributed by atoms with E-state index >= 15 is 0 Å². The lowest BCUT2D eigenvalue weighted by Gasteiger charge is -2.01. The van der Waals surface area contributed by atoms with Gasteiger partial charge in [-0.2, -0.15) is 0 Å². The van der Waals surface area contributed by atoms with Crippen LogP contribution in [0.5, 0.6) is 0 Å². The number of nitrogens with zero attached hydrogens (tertiary/aromatic N) is 1. The summed E-state index contributed by atoms with van der Waals surface area (Å²) in [6.45, 7) is 4.24. The Hall–Kier alpha value is -3.59. The van der Waals surface area contributed by atoms with Gasteiger partial charge >= 0.3 is 0 Å². The van der Waals surface area contributed by atoms with Crippen molar-refractivity contribution in [3.63, 3.8) is 0 Å². The number of oxazole rings is 1. The lowest BCUT2D eigenvalue weighted by molar-refractivity contribution is 0.519. The van der Waals surface area contributed by atoms with Gasteiger partial charge in [-0.15, -0.1) is 0 Å². The van der Waals surface area contributed by atoms with Crippen molar-refractivity contribution < 1.29 is 4.42 Å². The van der Waals surface area contributed by atoms with Crippen LogP contribution in [-0.4, -0.2) is 9.97 Å². The van der Waals surface area contributed by atoms with Gasteiger partial charge in [-0.05, 0) is 31.5 Å². The highest BCUT2D eigenvalue weighted by Gasteiger charge is 2.19. The fourth-order valence-electron chi connectivity index (χ4n) is 3.89. The molecule has 0 aliphatic carbocycles. The molecule has 0 saturated heterocycles. The predicted octanol–water partition coefficient (Wildman–Crippen LogP) is 6.70. The molecule has 3 aromatic carbocycles. The monoisotopic (exact) mass is 378 g/mol. The number of H-pyrrole nitrogens is 1.